The Bertz CT molecular complexity index is 2400. The predicted octanol–water partition coefficient (Wildman–Crippen LogP) is 9.55. The van der Waals surface area contributed by atoms with E-state index in [9.17, 15) is 40.4 Å². The lowest BCUT2D eigenvalue weighted by atomic mass is 9.92. The molecule has 2 aromatic heterocycles. The van der Waals surface area contributed by atoms with Crippen LogP contribution in [0.25, 0.3) is 50.0 Å². The van der Waals surface area contributed by atoms with Crippen molar-refractivity contribution >= 4 is 11.4 Å². The predicted molar refractivity (Wildman–Crippen MR) is 179 cm³/mol. The van der Waals surface area contributed by atoms with Gasteiger partial charge < -0.3 is 0 Å². The number of nitrogens with zero attached hydrogens (tertiary/aromatic N) is 8. The molecule has 0 saturated carbocycles. The van der Waals surface area contributed by atoms with E-state index in [0.29, 0.717) is 11.1 Å². The fourth-order valence-corrected chi connectivity index (χ4v) is 5.71. The van der Waals surface area contributed by atoms with Crippen LogP contribution in [0.1, 0.15) is 33.9 Å². The van der Waals surface area contributed by atoms with Crippen molar-refractivity contribution in [2.75, 3.05) is 0 Å². The molecule has 6 aromatic rings. The van der Waals surface area contributed by atoms with Gasteiger partial charge in [0.05, 0.1) is 39.0 Å². The van der Waals surface area contributed by atoms with E-state index >= 15 is 0 Å². The topological polar surface area (TPSA) is 104 Å². The van der Waals surface area contributed by atoms with E-state index in [-0.39, 0.29) is 68.1 Å². The highest BCUT2D eigenvalue weighted by Gasteiger charge is 2.38. The number of benzene rings is 4. The average Bonchev–Trinajstić information content (AvgIpc) is 3.15. The minimum absolute atomic E-state index is 0.0590. The Morgan fingerprint density at radius 1 is 0.481 bits per heavy atom. The fraction of sp³-hybridized carbons (Fsp3) is 0.0526. The lowest BCUT2D eigenvalue weighted by Crippen LogP contribution is -2.29. The molecule has 264 valence electrons. The standard InChI is InChI=1S/C38H16F8N8/c1-48-54-36-34-32(50-27(19-2-10-23(11-3-19)37(41,42)43)28(52-34)20-4-12-24(13-5-20)38(44,45)46)31(49-18-47)33-35(36)53-30(22-8-16-26(40)17-9-22)29(51-33)21-6-14-25(39)15-7-21/h2-17H. The highest BCUT2D eigenvalue weighted by molar-refractivity contribution is 6.29. The van der Waals surface area contributed by atoms with E-state index in [2.05, 4.69) is 25.0 Å². The summed E-state index contributed by atoms with van der Waals surface area (Å²) < 4.78 is 109. The van der Waals surface area contributed by atoms with Crippen LogP contribution >= 0.6 is 0 Å². The first-order chi connectivity index (χ1) is 25.8. The fourth-order valence-electron chi connectivity index (χ4n) is 5.71. The maximum absolute atomic E-state index is 14.0. The van der Waals surface area contributed by atoms with E-state index in [4.69, 9.17) is 16.5 Å². The highest BCUT2D eigenvalue weighted by Crippen LogP contribution is 2.39. The second-order valence-electron chi connectivity index (χ2n) is 11.5. The van der Waals surface area contributed by atoms with Gasteiger partial charge in [-0.25, -0.2) is 28.7 Å². The molecule has 1 aliphatic rings. The molecule has 16 heteroatoms. The van der Waals surface area contributed by atoms with E-state index in [1.807, 2.05) is 0 Å². The van der Waals surface area contributed by atoms with Gasteiger partial charge in [0.25, 0.3) is 0 Å². The Labute approximate surface area is 299 Å². The number of aromatic nitrogens is 4. The maximum atomic E-state index is 14.0. The lowest BCUT2D eigenvalue weighted by Gasteiger charge is -2.22. The average molecular weight is 737 g/mol. The van der Waals surface area contributed by atoms with Crippen molar-refractivity contribution in [3.8, 4) is 51.2 Å². The van der Waals surface area contributed by atoms with Gasteiger partial charge in [-0.05, 0) is 72.8 Å². The molecule has 0 unspecified atom stereocenters. The van der Waals surface area contributed by atoms with Gasteiger partial charge in [-0.3, -0.25) is 0 Å². The summed E-state index contributed by atoms with van der Waals surface area (Å²) in [5.74, 6) is -1.12. The molecule has 0 fully saturated rings. The summed E-state index contributed by atoms with van der Waals surface area (Å²) in [6, 6.07) is 17.8. The first-order valence-corrected chi connectivity index (χ1v) is 15.4. The van der Waals surface area contributed by atoms with Crippen LogP contribution < -0.4 is 0 Å². The molecule has 1 aliphatic carbocycles. The Balaban J connectivity index is 1.54. The van der Waals surface area contributed by atoms with Crippen molar-refractivity contribution < 1.29 is 35.1 Å². The molecule has 0 N–H and O–H groups in total. The monoisotopic (exact) mass is 736 g/mol. The maximum Gasteiger partial charge on any atom is 0.416 e. The minimum Gasteiger partial charge on any atom is -0.241 e. The van der Waals surface area contributed by atoms with Gasteiger partial charge >= 0.3 is 12.4 Å². The van der Waals surface area contributed by atoms with E-state index < -0.39 is 35.1 Å². The number of nitriles is 1. The normalized spacial score (nSPS) is 14.0. The van der Waals surface area contributed by atoms with Crippen LogP contribution in [-0.4, -0.2) is 31.4 Å². The number of fused-ring (bicyclic) bond motifs is 2. The van der Waals surface area contributed by atoms with Crippen LogP contribution in [0.2, 0.25) is 0 Å². The largest absolute Gasteiger partial charge is 0.416 e. The zero-order valence-corrected chi connectivity index (χ0v) is 26.8. The summed E-state index contributed by atoms with van der Waals surface area (Å²) in [6.07, 6.45) is -7.71. The Hall–Kier alpha value is -7.20. The van der Waals surface area contributed by atoms with Crippen LogP contribution in [0.4, 0.5) is 35.1 Å². The zero-order valence-electron chi connectivity index (χ0n) is 26.8. The summed E-state index contributed by atoms with van der Waals surface area (Å²) in [7, 11) is 0. The van der Waals surface area contributed by atoms with E-state index in [1.165, 1.54) is 48.5 Å². The Kier molecular flexibility index (Phi) is 8.74. The van der Waals surface area contributed by atoms with Gasteiger partial charge in [0.2, 0.25) is 11.9 Å². The lowest BCUT2D eigenvalue weighted by molar-refractivity contribution is -0.138. The molecule has 0 amide bonds. The van der Waals surface area contributed by atoms with Gasteiger partial charge in [0.1, 0.15) is 40.1 Å². The summed E-state index contributed by atoms with van der Waals surface area (Å²) in [6.45, 7) is 7.62. The van der Waals surface area contributed by atoms with Gasteiger partial charge in [-0.1, -0.05) is 24.3 Å². The quantitative estimate of drug-likeness (QED) is 0.0775. The third kappa shape index (κ3) is 6.52. The van der Waals surface area contributed by atoms with Gasteiger partial charge in [0, 0.05) is 22.3 Å². The van der Waals surface area contributed by atoms with Crippen LogP contribution in [0, 0.1) is 29.7 Å². The first-order valence-electron chi connectivity index (χ1n) is 15.4. The first kappa shape index (κ1) is 35.2. The summed E-state index contributed by atoms with van der Waals surface area (Å²) in [5.41, 5.74) is -2.32. The SMILES string of the molecule is [C-]#[N+]N=C1c2nc(-c3ccc(F)cc3)c(-c3ccc(F)cc3)nc2C(=NC#N)c2nc(-c3ccc(C(F)(F)F)cc3)c(-c3ccc(C(F)(F)F)cc3)nc21. The van der Waals surface area contributed by atoms with Crippen molar-refractivity contribution in [1.82, 2.24) is 19.9 Å². The zero-order chi connectivity index (χ0) is 38.4. The number of alkyl halides is 6. The molecule has 2 heterocycles. The molecular formula is C38H16F8N8. The number of aliphatic imine (C=N–C) groups is 1. The number of hydrogen-bond donors (Lipinski definition) is 0. The third-order valence-electron chi connectivity index (χ3n) is 8.21. The molecule has 0 radical (unpaired) electrons. The molecular weight excluding hydrogens is 720 g/mol. The van der Waals surface area contributed by atoms with Crippen LogP contribution in [-0.2, 0) is 12.4 Å². The van der Waals surface area contributed by atoms with E-state index in [1.54, 1.807) is 6.19 Å². The molecule has 4 aromatic carbocycles. The van der Waals surface area contributed by atoms with Gasteiger partial charge in [0.15, 0.2) is 0 Å². The minimum atomic E-state index is -4.69. The number of halogens is 8. The third-order valence-corrected chi connectivity index (χ3v) is 8.21. The summed E-state index contributed by atoms with van der Waals surface area (Å²) >= 11 is 0. The van der Waals surface area contributed by atoms with Crippen molar-refractivity contribution in [2.45, 2.75) is 12.4 Å². The molecule has 0 atom stereocenters. The molecule has 0 aliphatic heterocycles. The van der Waals surface area contributed by atoms with E-state index in [0.717, 1.165) is 48.5 Å². The van der Waals surface area contributed by atoms with Crippen LogP contribution in [0.5, 0.6) is 0 Å². The van der Waals surface area contributed by atoms with Gasteiger partial charge in [-0.15, -0.1) is 4.95 Å². The Morgan fingerprint density at radius 2 is 0.778 bits per heavy atom. The molecule has 0 bridgehead atoms. The molecule has 54 heavy (non-hydrogen) atoms. The summed E-state index contributed by atoms with van der Waals surface area (Å²) in [5, 5.41) is 13.8. The van der Waals surface area contributed by atoms with Gasteiger partial charge in [-0.2, -0.15) is 43.2 Å². The Morgan fingerprint density at radius 3 is 1.06 bits per heavy atom. The number of rotatable bonds is 4. The molecule has 7 rings (SSSR count). The van der Waals surface area contributed by atoms with Crippen LogP contribution in [0.15, 0.2) is 107 Å². The highest BCUT2D eigenvalue weighted by atomic mass is 19.4. The molecule has 0 saturated heterocycles. The molecule has 0 spiro atoms. The van der Waals surface area contributed by atoms with Crippen molar-refractivity contribution in [1.29, 1.82) is 5.26 Å². The smallest absolute Gasteiger partial charge is 0.241 e. The second kappa shape index (κ2) is 13.4. The van der Waals surface area contributed by atoms with Crippen molar-refractivity contribution in [3.63, 3.8) is 0 Å². The van der Waals surface area contributed by atoms with Crippen molar-refractivity contribution in [2.24, 2.45) is 10.1 Å². The number of hydrogen-bond acceptors (Lipinski definition) is 7. The molecule has 8 nitrogen and oxygen atoms in total. The van der Waals surface area contributed by atoms with Crippen LogP contribution in [0.3, 0.4) is 0 Å². The second-order valence-corrected chi connectivity index (χ2v) is 11.5. The van der Waals surface area contributed by atoms with Crippen molar-refractivity contribution in [3.05, 3.63) is 154 Å². The summed E-state index contributed by atoms with van der Waals surface area (Å²) in [4.78, 5) is 26.0.